The van der Waals surface area contributed by atoms with Crippen LogP contribution in [-0.4, -0.2) is 17.2 Å². The number of rotatable bonds is 3. The molecule has 0 aliphatic carbocycles. The summed E-state index contributed by atoms with van der Waals surface area (Å²) in [6.07, 6.45) is 2.27. The Morgan fingerprint density at radius 1 is 1.33 bits per heavy atom. The first-order chi connectivity index (χ1) is 8.63. The first-order valence-electron chi connectivity index (χ1n) is 5.34. The number of benzene rings is 1. The van der Waals surface area contributed by atoms with E-state index in [1.54, 1.807) is 37.7 Å². The zero-order valence-electron chi connectivity index (χ0n) is 9.80. The fraction of sp³-hybridized carbons (Fsp3) is 0.154. The first-order valence-corrected chi connectivity index (χ1v) is 6.13. The molecule has 0 amide bonds. The van der Waals surface area contributed by atoms with E-state index >= 15 is 0 Å². The van der Waals surface area contributed by atoms with E-state index in [4.69, 9.17) is 10.5 Å². The van der Waals surface area contributed by atoms with E-state index in [9.17, 15) is 5.11 Å². The van der Waals surface area contributed by atoms with Crippen molar-refractivity contribution in [3.05, 3.63) is 52.3 Å². The Hall–Kier alpha value is -1.59. The van der Waals surface area contributed by atoms with Crippen molar-refractivity contribution in [1.29, 1.82) is 0 Å². The van der Waals surface area contributed by atoms with Crippen LogP contribution in [0.4, 0.5) is 5.69 Å². The molecule has 0 radical (unpaired) electrons. The zero-order chi connectivity index (χ0) is 13.1. The van der Waals surface area contributed by atoms with Crippen molar-refractivity contribution in [3.8, 4) is 5.75 Å². The second-order valence-corrected chi connectivity index (χ2v) is 4.71. The molecule has 2 aromatic rings. The summed E-state index contributed by atoms with van der Waals surface area (Å²) in [5.74, 6) is 0.606. The molecule has 2 rings (SSSR count). The summed E-state index contributed by atoms with van der Waals surface area (Å²) in [6, 6.07) is 7.09. The standard InChI is InChI=1S/C13H13BrN2O2/c1-18-12-3-2-8(14)6-9(12)13(17)10-7-16-5-4-11(10)15/h2-7,13,17H,1H3,(H2,15,16). The predicted octanol–water partition coefficient (Wildman–Crippen LogP) is 2.52. The first kappa shape index (κ1) is 12.9. The van der Waals surface area contributed by atoms with Crippen LogP contribution in [0.3, 0.4) is 0 Å². The van der Waals surface area contributed by atoms with Crippen LogP contribution in [0, 0.1) is 0 Å². The van der Waals surface area contributed by atoms with Crippen molar-refractivity contribution in [3.63, 3.8) is 0 Å². The molecule has 0 saturated carbocycles. The van der Waals surface area contributed by atoms with Crippen LogP contribution < -0.4 is 10.5 Å². The van der Waals surface area contributed by atoms with Gasteiger partial charge in [-0.05, 0) is 24.3 Å². The number of anilines is 1. The maximum atomic E-state index is 10.4. The maximum Gasteiger partial charge on any atom is 0.125 e. The molecule has 0 saturated heterocycles. The average molecular weight is 309 g/mol. The summed E-state index contributed by atoms with van der Waals surface area (Å²) < 4.78 is 6.10. The summed E-state index contributed by atoms with van der Waals surface area (Å²) in [7, 11) is 1.56. The van der Waals surface area contributed by atoms with Crippen LogP contribution in [0.25, 0.3) is 0 Å². The molecule has 0 aliphatic rings. The smallest absolute Gasteiger partial charge is 0.125 e. The molecule has 1 heterocycles. The van der Waals surface area contributed by atoms with Crippen molar-refractivity contribution in [1.82, 2.24) is 4.98 Å². The number of halogens is 1. The quantitative estimate of drug-likeness (QED) is 0.914. The van der Waals surface area contributed by atoms with Gasteiger partial charge in [0.25, 0.3) is 0 Å². The number of ether oxygens (including phenoxy) is 1. The molecule has 18 heavy (non-hydrogen) atoms. The Morgan fingerprint density at radius 3 is 2.78 bits per heavy atom. The minimum Gasteiger partial charge on any atom is -0.496 e. The maximum absolute atomic E-state index is 10.4. The topological polar surface area (TPSA) is 68.4 Å². The lowest BCUT2D eigenvalue weighted by molar-refractivity contribution is 0.215. The van der Waals surface area contributed by atoms with Crippen molar-refractivity contribution in [2.24, 2.45) is 0 Å². The van der Waals surface area contributed by atoms with Gasteiger partial charge in [-0.15, -0.1) is 0 Å². The fourth-order valence-corrected chi connectivity index (χ4v) is 2.11. The van der Waals surface area contributed by atoms with Gasteiger partial charge in [0, 0.05) is 33.7 Å². The van der Waals surface area contributed by atoms with Gasteiger partial charge in [-0.25, -0.2) is 0 Å². The fourth-order valence-electron chi connectivity index (χ4n) is 1.73. The van der Waals surface area contributed by atoms with Crippen molar-refractivity contribution in [2.75, 3.05) is 12.8 Å². The summed E-state index contributed by atoms with van der Waals surface area (Å²) in [4.78, 5) is 3.98. The van der Waals surface area contributed by atoms with Crippen LogP contribution in [0.5, 0.6) is 5.75 Å². The van der Waals surface area contributed by atoms with Gasteiger partial charge in [-0.3, -0.25) is 4.98 Å². The normalized spacial score (nSPS) is 12.2. The molecule has 0 spiro atoms. The molecule has 5 heteroatoms. The number of aliphatic hydroxyl groups excluding tert-OH is 1. The third-order valence-electron chi connectivity index (χ3n) is 2.67. The third kappa shape index (κ3) is 2.47. The number of nitrogens with zero attached hydrogens (tertiary/aromatic N) is 1. The number of methoxy groups -OCH3 is 1. The van der Waals surface area contributed by atoms with Gasteiger partial charge < -0.3 is 15.6 Å². The molecular formula is C13H13BrN2O2. The van der Waals surface area contributed by atoms with Crippen LogP contribution in [0.1, 0.15) is 17.2 Å². The van der Waals surface area contributed by atoms with Crippen molar-refractivity contribution in [2.45, 2.75) is 6.10 Å². The van der Waals surface area contributed by atoms with E-state index in [2.05, 4.69) is 20.9 Å². The van der Waals surface area contributed by atoms with Gasteiger partial charge in [-0.1, -0.05) is 15.9 Å². The van der Waals surface area contributed by atoms with E-state index in [0.29, 0.717) is 22.6 Å². The minimum absolute atomic E-state index is 0.500. The number of nitrogen functional groups attached to an aromatic ring is 1. The molecule has 3 N–H and O–H groups in total. The van der Waals surface area contributed by atoms with E-state index in [1.807, 2.05) is 6.07 Å². The van der Waals surface area contributed by atoms with Gasteiger partial charge in [-0.2, -0.15) is 0 Å². The molecule has 0 fully saturated rings. The largest absolute Gasteiger partial charge is 0.496 e. The van der Waals surface area contributed by atoms with E-state index in [0.717, 1.165) is 4.47 Å². The summed E-state index contributed by atoms with van der Waals surface area (Å²) in [6.45, 7) is 0. The highest BCUT2D eigenvalue weighted by Crippen LogP contribution is 2.33. The lowest BCUT2D eigenvalue weighted by atomic mass is 10.0. The van der Waals surface area contributed by atoms with Gasteiger partial charge >= 0.3 is 0 Å². The van der Waals surface area contributed by atoms with Crippen LogP contribution in [-0.2, 0) is 0 Å². The van der Waals surface area contributed by atoms with Gasteiger partial charge in [0.05, 0.1) is 7.11 Å². The molecule has 4 nitrogen and oxygen atoms in total. The molecule has 1 aromatic heterocycles. The second-order valence-electron chi connectivity index (χ2n) is 3.79. The van der Waals surface area contributed by atoms with Crippen LogP contribution in [0.15, 0.2) is 41.1 Å². The predicted molar refractivity (Wildman–Crippen MR) is 73.4 cm³/mol. The highest BCUT2D eigenvalue weighted by molar-refractivity contribution is 9.10. The molecule has 0 aliphatic heterocycles. The van der Waals surface area contributed by atoms with Crippen molar-refractivity contribution < 1.29 is 9.84 Å². The van der Waals surface area contributed by atoms with E-state index < -0.39 is 6.10 Å². The number of hydrogen-bond acceptors (Lipinski definition) is 4. The molecule has 1 aromatic carbocycles. The molecular weight excluding hydrogens is 296 g/mol. The van der Waals surface area contributed by atoms with E-state index in [-0.39, 0.29) is 0 Å². The monoisotopic (exact) mass is 308 g/mol. The lowest BCUT2D eigenvalue weighted by Crippen LogP contribution is -2.06. The zero-order valence-corrected chi connectivity index (χ0v) is 11.4. The molecule has 0 bridgehead atoms. The number of aliphatic hydroxyl groups is 1. The Labute approximate surface area is 114 Å². The highest BCUT2D eigenvalue weighted by atomic mass is 79.9. The number of hydrogen-bond donors (Lipinski definition) is 2. The Morgan fingerprint density at radius 2 is 2.11 bits per heavy atom. The highest BCUT2D eigenvalue weighted by Gasteiger charge is 2.18. The lowest BCUT2D eigenvalue weighted by Gasteiger charge is -2.16. The Bertz CT molecular complexity index is 560. The number of nitrogens with two attached hydrogens (primary N) is 1. The molecule has 1 atom stereocenters. The van der Waals surface area contributed by atoms with Crippen LogP contribution in [0.2, 0.25) is 0 Å². The second kappa shape index (κ2) is 5.37. The average Bonchev–Trinajstić information content (AvgIpc) is 2.38. The molecule has 1 unspecified atom stereocenters. The summed E-state index contributed by atoms with van der Waals surface area (Å²) in [5, 5.41) is 10.4. The SMILES string of the molecule is COc1ccc(Br)cc1C(O)c1cnccc1N. The summed E-state index contributed by atoms with van der Waals surface area (Å²) >= 11 is 3.37. The van der Waals surface area contributed by atoms with Crippen molar-refractivity contribution >= 4 is 21.6 Å². The molecule has 94 valence electrons. The van der Waals surface area contributed by atoms with Crippen LogP contribution >= 0.6 is 15.9 Å². The Balaban J connectivity index is 2.48. The van der Waals surface area contributed by atoms with Gasteiger partial charge in [0.1, 0.15) is 11.9 Å². The Kier molecular flexibility index (Phi) is 3.84. The number of aromatic nitrogens is 1. The van der Waals surface area contributed by atoms with Gasteiger partial charge in [0.15, 0.2) is 0 Å². The number of pyridine rings is 1. The minimum atomic E-state index is -0.869. The van der Waals surface area contributed by atoms with Gasteiger partial charge in [0.2, 0.25) is 0 Å². The summed E-state index contributed by atoms with van der Waals surface area (Å²) in [5.41, 5.74) is 7.54. The third-order valence-corrected chi connectivity index (χ3v) is 3.16. The van der Waals surface area contributed by atoms with E-state index in [1.165, 1.54) is 0 Å².